The predicted octanol–water partition coefficient (Wildman–Crippen LogP) is 2.24. The first-order valence-corrected chi connectivity index (χ1v) is 9.21. The van der Waals surface area contributed by atoms with Crippen molar-refractivity contribution in [3.63, 3.8) is 0 Å². The van der Waals surface area contributed by atoms with Gasteiger partial charge in [-0.05, 0) is 26.1 Å². The number of benzene rings is 1. The number of carbonyl (C=O) groups is 1. The molecule has 1 heterocycles. The number of amides is 1. The van der Waals surface area contributed by atoms with Gasteiger partial charge in [-0.25, -0.2) is 0 Å². The van der Waals surface area contributed by atoms with Crippen molar-refractivity contribution in [3.05, 3.63) is 29.8 Å². The van der Waals surface area contributed by atoms with Gasteiger partial charge in [0.05, 0.1) is 12.7 Å². The number of likely N-dealkylation sites (N-methyl/N-ethyl adjacent to an activating group) is 1. The number of rotatable bonds is 9. The molecule has 0 aromatic heterocycles. The van der Waals surface area contributed by atoms with Gasteiger partial charge in [0.2, 0.25) is 5.91 Å². The summed E-state index contributed by atoms with van der Waals surface area (Å²) >= 11 is 0. The average molecular weight is 422 g/mol. The summed E-state index contributed by atoms with van der Waals surface area (Å²) in [5.41, 5.74) is 0.986. The van der Waals surface area contributed by atoms with E-state index in [0.29, 0.717) is 26.3 Å². The Balaban J connectivity index is 0.00000338. The molecular weight excluding hydrogens is 389 g/mol. The maximum Gasteiger partial charge on any atom is 0.240 e. The average Bonchev–Trinajstić information content (AvgIpc) is 2.64. The Bertz CT molecular complexity index is 545. The number of nitrogens with one attached hydrogen (secondary N) is 2. The molecule has 1 amide bonds. The molecule has 0 bridgehead atoms. The zero-order valence-corrected chi connectivity index (χ0v) is 18.0. The molecule has 1 aromatic rings. The van der Waals surface area contributed by atoms with Gasteiger partial charge in [-0.1, -0.05) is 32.0 Å². The van der Waals surface area contributed by atoms with Crippen molar-refractivity contribution in [1.29, 1.82) is 0 Å². The van der Waals surface area contributed by atoms with Gasteiger partial charge in [-0.2, -0.15) is 0 Å². The lowest BCUT2D eigenvalue weighted by atomic mass is 10.1. The highest BCUT2D eigenvalue weighted by Gasteiger charge is 2.28. The number of hydrogen-bond acceptors (Lipinski definition) is 5. The van der Waals surface area contributed by atoms with Crippen LogP contribution >= 0.6 is 24.8 Å². The molecule has 0 unspecified atom stereocenters. The molecule has 0 spiro atoms. The zero-order chi connectivity index (χ0) is 18.1. The van der Waals surface area contributed by atoms with Crippen LogP contribution in [0.25, 0.3) is 0 Å². The van der Waals surface area contributed by atoms with Crippen molar-refractivity contribution in [2.75, 3.05) is 39.4 Å². The van der Waals surface area contributed by atoms with E-state index in [1.165, 1.54) is 0 Å². The van der Waals surface area contributed by atoms with Crippen LogP contribution in [0.4, 0.5) is 0 Å². The molecule has 1 aliphatic heterocycles. The van der Waals surface area contributed by atoms with Gasteiger partial charge >= 0.3 is 0 Å². The first-order chi connectivity index (χ1) is 12.2. The highest BCUT2D eigenvalue weighted by molar-refractivity contribution is 5.85. The molecule has 1 fully saturated rings. The van der Waals surface area contributed by atoms with Crippen LogP contribution < -0.4 is 15.4 Å². The van der Waals surface area contributed by atoms with Gasteiger partial charge in [0.15, 0.2) is 0 Å². The van der Waals surface area contributed by atoms with Gasteiger partial charge in [-0.15, -0.1) is 24.8 Å². The van der Waals surface area contributed by atoms with Gasteiger partial charge in [0.1, 0.15) is 18.4 Å². The molecular formula is C19H33Cl2N3O3. The quantitative estimate of drug-likeness (QED) is 0.639. The maximum atomic E-state index is 12.4. The number of carbonyl (C=O) groups excluding carboxylic acids is 1. The van der Waals surface area contributed by atoms with Crippen molar-refractivity contribution in [2.24, 2.45) is 0 Å². The number of hydrogen-bond donors (Lipinski definition) is 2. The zero-order valence-electron chi connectivity index (χ0n) is 16.4. The highest BCUT2D eigenvalue weighted by atomic mass is 35.5. The minimum absolute atomic E-state index is 0. The first kappa shape index (κ1) is 26.0. The van der Waals surface area contributed by atoms with E-state index in [-0.39, 0.29) is 42.9 Å². The van der Waals surface area contributed by atoms with Gasteiger partial charge in [-0.3, -0.25) is 4.79 Å². The van der Waals surface area contributed by atoms with Crippen LogP contribution in [0.1, 0.15) is 26.3 Å². The van der Waals surface area contributed by atoms with E-state index in [4.69, 9.17) is 9.47 Å². The molecule has 2 atom stereocenters. The molecule has 1 saturated heterocycles. The minimum Gasteiger partial charge on any atom is -0.492 e. The van der Waals surface area contributed by atoms with Crippen LogP contribution in [0.5, 0.6) is 5.75 Å². The second-order valence-electron chi connectivity index (χ2n) is 6.21. The summed E-state index contributed by atoms with van der Waals surface area (Å²) in [6.45, 7) is 11.6. The van der Waals surface area contributed by atoms with Gasteiger partial charge in [0.25, 0.3) is 0 Å². The Morgan fingerprint density at radius 3 is 2.67 bits per heavy atom. The Kier molecular flexibility index (Phi) is 13.5. The summed E-state index contributed by atoms with van der Waals surface area (Å²) in [5, 5.41) is 6.19. The molecule has 1 aromatic carbocycles. The normalized spacial score (nSPS) is 19.0. The monoisotopic (exact) mass is 421 g/mol. The summed E-state index contributed by atoms with van der Waals surface area (Å²) in [6, 6.07) is 7.56. The molecule has 8 heteroatoms. The van der Waals surface area contributed by atoms with Gasteiger partial charge < -0.3 is 25.0 Å². The molecule has 2 rings (SSSR count). The molecule has 27 heavy (non-hydrogen) atoms. The Hall–Kier alpha value is -1.05. The lowest BCUT2D eigenvalue weighted by Gasteiger charge is -2.29. The molecule has 2 N–H and O–H groups in total. The minimum atomic E-state index is -0.301. The number of morpholine rings is 1. The molecule has 0 radical (unpaired) electrons. The second kappa shape index (κ2) is 14.0. The fourth-order valence-corrected chi connectivity index (χ4v) is 2.93. The summed E-state index contributed by atoms with van der Waals surface area (Å²) in [4.78, 5) is 14.7. The lowest BCUT2D eigenvalue weighted by molar-refractivity contribution is -0.129. The number of ether oxygens (including phenoxy) is 2. The third-order valence-electron chi connectivity index (χ3n) is 4.58. The van der Waals surface area contributed by atoms with Crippen LogP contribution in [0.15, 0.2) is 24.3 Å². The summed E-state index contributed by atoms with van der Waals surface area (Å²) < 4.78 is 11.5. The standard InChI is InChI=1S/C19H31N3O3.2ClH/c1-4-22(5-2)11-13-25-17-9-7-6-8-16(17)14-21-19(23)18-15(3)24-12-10-20-18;;/h6-9,15,18,20H,4-5,10-14H2,1-3H3,(H,21,23);2*1H/t15-,18+;;/m1../s1. The van der Waals surface area contributed by atoms with E-state index in [2.05, 4.69) is 29.4 Å². The fraction of sp³-hybridized carbons (Fsp3) is 0.632. The van der Waals surface area contributed by atoms with Crippen LogP contribution in [0, 0.1) is 0 Å². The van der Waals surface area contributed by atoms with Crippen molar-refractivity contribution in [1.82, 2.24) is 15.5 Å². The Morgan fingerprint density at radius 1 is 1.30 bits per heavy atom. The van der Waals surface area contributed by atoms with E-state index in [1.807, 2.05) is 31.2 Å². The smallest absolute Gasteiger partial charge is 0.240 e. The van der Waals surface area contributed by atoms with Gasteiger partial charge in [0, 0.05) is 25.2 Å². The lowest BCUT2D eigenvalue weighted by Crippen LogP contribution is -2.55. The highest BCUT2D eigenvalue weighted by Crippen LogP contribution is 2.18. The van der Waals surface area contributed by atoms with Crippen molar-refractivity contribution in [3.8, 4) is 5.75 Å². The van der Waals surface area contributed by atoms with E-state index in [0.717, 1.165) is 30.9 Å². The Labute approximate surface area is 175 Å². The molecule has 6 nitrogen and oxygen atoms in total. The van der Waals surface area contributed by atoms with E-state index in [1.54, 1.807) is 0 Å². The van der Waals surface area contributed by atoms with Crippen molar-refractivity contribution in [2.45, 2.75) is 39.5 Å². The van der Waals surface area contributed by atoms with Crippen LogP contribution in [0.2, 0.25) is 0 Å². The van der Waals surface area contributed by atoms with E-state index in [9.17, 15) is 4.79 Å². The number of para-hydroxylation sites is 1. The summed E-state index contributed by atoms with van der Waals surface area (Å²) in [7, 11) is 0. The summed E-state index contributed by atoms with van der Waals surface area (Å²) in [6.07, 6.45) is -0.116. The van der Waals surface area contributed by atoms with Crippen LogP contribution in [-0.2, 0) is 16.1 Å². The van der Waals surface area contributed by atoms with Crippen LogP contribution in [0.3, 0.4) is 0 Å². The number of nitrogens with zero attached hydrogens (tertiary/aromatic N) is 1. The SMILES string of the molecule is CCN(CC)CCOc1ccccc1CNC(=O)[C@H]1NCCO[C@@H]1C.Cl.Cl. The number of halogens is 2. The van der Waals surface area contributed by atoms with E-state index >= 15 is 0 Å². The summed E-state index contributed by atoms with van der Waals surface area (Å²) in [5.74, 6) is 0.793. The molecule has 156 valence electrons. The third kappa shape index (κ3) is 8.23. The largest absolute Gasteiger partial charge is 0.492 e. The maximum absolute atomic E-state index is 12.4. The van der Waals surface area contributed by atoms with E-state index < -0.39 is 0 Å². The molecule has 1 aliphatic rings. The molecule has 0 saturated carbocycles. The second-order valence-corrected chi connectivity index (χ2v) is 6.21. The van der Waals surface area contributed by atoms with Crippen LogP contribution in [-0.4, -0.2) is 62.3 Å². The first-order valence-electron chi connectivity index (χ1n) is 9.21. The topological polar surface area (TPSA) is 62.8 Å². The van der Waals surface area contributed by atoms with Crippen molar-refractivity contribution < 1.29 is 14.3 Å². The predicted molar refractivity (Wildman–Crippen MR) is 113 cm³/mol. The third-order valence-corrected chi connectivity index (χ3v) is 4.58. The molecule has 0 aliphatic carbocycles. The Morgan fingerprint density at radius 2 is 2.00 bits per heavy atom. The fourth-order valence-electron chi connectivity index (χ4n) is 2.93. The van der Waals surface area contributed by atoms with Crippen molar-refractivity contribution >= 4 is 30.7 Å².